The molecular formula is C12H19NO3. The van der Waals surface area contributed by atoms with E-state index in [2.05, 4.69) is 9.64 Å². The molecule has 0 amide bonds. The molecule has 0 spiro atoms. The molecule has 90 valence electrons. The Kier molecular flexibility index (Phi) is 6.35. The first-order valence-corrected chi connectivity index (χ1v) is 5.92. The molecule has 1 aliphatic rings. The summed E-state index contributed by atoms with van der Waals surface area (Å²) in [5, 5.41) is 0. The van der Waals surface area contributed by atoms with Crippen LogP contribution in [0.3, 0.4) is 0 Å². The van der Waals surface area contributed by atoms with Gasteiger partial charge in [-0.1, -0.05) is 6.42 Å². The summed E-state index contributed by atoms with van der Waals surface area (Å²) in [6.45, 7) is 2.97. The molecule has 0 bridgehead atoms. The molecule has 1 aliphatic heterocycles. The molecule has 0 aromatic carbocycles. The van der Waals surface area contributed by atoms with Crippen LogP contribution >= 0.6 is 0 Å². The van der Waals surface area contributed by atoms with E-state index in [9.17, 15) is 9.59 Å². The normalized spacial score (nSPS) is 15.0. The zero-order valence-corrected chi connectivity index (χ0v) is 9.61. The van der Waals surface area contributed by atoms with Gasteiger partial charge in [0.25, 0.3) is 6.47 Å². The van der Waals surface area contributed by atoms with Crippen molar-refractivity contribution in [1.82, 2.24) is 4.90 Å². The maximum Gasteiger partial charge on any atom is 0.293 e. The first kappa shape index (κ1) is 12.8. The van der Waals surface area contributed by atoms with Crippen molar-refractivity contribution in [2.45, 2.75) is 38.5 Å². The van der Waals surface area contributed by atoms with Crippen molar-refractivity contribution in [3.63, 3.8) is 0 Å². The number of ether oxygens (including phenoxy) is 1. The Morgan fingerprint density at radius 3 is 2.88 bits per heavy atom. The van der Waals surface area contributed by atoms with Gasteiger partial charge in [0.1, 0.15) is 5.94 Å². The van der Waals surface area contributed by atoms with Crippen LogP contribution in [0.4, 0.5) is 0 Å². The van der Waals surface area contributed by atoms with Crippen molar-refractivity contribution in [1.29, 1.82) is 0 Å². The molecule has 0 unspecified atom stereocenters. The lowest BCUT2D eigenvalue weighted by Gasteiger charge is -2.16. The molecule has 0 atom stereocenters. The Hall–Kier alpha value is -1.28. The molecule has 1 heterocycles. The highest BCUT2D eigenvalue weighted by Gasteiger charge is 2.16. The molecule has 4 nitrogen and oxygen atoms in total. The number of hydrogen-bond donors (Lipinski definition) is 0. The number of likely N-dealkylation sites (tertiary alicyclic amines) is 1. The van der Waals surface area contributed by atoms with Gasteiger partial charge in [-0.25, -0.2) is 4.79 Å². The molecule has 4 heteroatoms. The van der Waals surface area contributed by atoms with E-state index in [1.807, 2.05) is 5.94 Å². The number of hydrogen-bond acceptors (Lipinski definition) is 4. The van der Waals surface area contributed by atoms with Gasteiger partial charge >= 0.3 is 0 Å². The quantitative estimate of drug-likeness (QED) is 0.357. The minimum absolute atomic E-state index is 0.491. The standard InChI is InChI=1S/C12H19NO3/c14-10-12-6-5-8-13(12)7-3-1-2-4-9-16-11-15/h11H,1-9H2. The fourth-order valence-electron chi connectivity index (χ4n) is 1.98. The predicted molar refractivity (Wildman–Crippen MR) is 60.5 cm³/mol. The highest BCUT2D eigenvalue weighted by molar-refractivity contribution is 5.52. The van der Waals surface area contributed by atoms with Gasteiger partial charge in [-0.15, -0.1) is 0 Å². The predicted octanol–water partition coefficient (Wildman–Crippen LogP) is 1.53. The largest absolute Gasteiger partial charge is 0.468 e. The van der Waals surface area contributed by atoms with Crippen molar-refractivity contribution in [3.8, 4) is 0 Å². The number of rotatable bonds is 8. The molecule has 0 N–H and O–H groups in total. The van der Waals surface area contributed by atoms with Crippen LogP contribution in [0.2, 0.25) is 0 Å². The number of unbranched alkanes of at least 4 members (excludes halogenated alkanes) is 3. The Morgan fingerprint density at radius 2 is 2.12 bits per heavy atom. The second-order valence-electron chi connectivity index (χ2n) is 4.02. The van der Waals surface area contributed by atoms with E-state index >= 15 is 0 Å². The van der Waals surface area contributed by atoms with Gasteiger partial charge in [0.15, 0.2) is 0 Å². The summed E-state index contributed by atoms with van der Waals surface area (Å²) < 4.78 is 4.60. The van der Waals surface area contributed by atoms with Gasteiger partial charge in [0.05, 0.1) is 12.3 Å². The molecule has 16 heavy (non-hydrogen) atoms. The first-order valence-electron chi connectivity index (χ1n) is 5.92. The summed E-state index contributed by atoms with van der Waals surface area (Å²) >= 11 is 0. The second-order valence-corrected chi connectivity index (χ2v) is 4.02. The topological polar surface area (TPSA) is 46.6 Å². The van der Waals surface area contributed by atoms with E-state index in [0.29, 0.717) is 13.1 Å². The second kappa shape index (κ2) is 7.94. The third-order valence-electron chi connectivity index (χ3n) is 2.85. The molecule has 0 aromatic heterocycles. The monoisotopic (exact) mass is 225 g/mol. The maximum atomic E-state index is 10.6. The molecule has 0 aromatic rings. The highest BCUT2D eigenvalue weighted by atomic mass is 16.5. The molecule has 0 radical (unpaired) electrons. The lowest BCUT2D eigenvalue weighted by Crippen LogP contribution is -2.19. The minimum Gasteiger partial charge on any atom is -0.468 e. The van der Waals surface area contributed by atoms with Crippen molar-refractivity contribution in [2.75, 3.05) is 19.7 Å². The summed E-state index contributed by atoms with van der Waals surface area (Å²) in [7, 11) is 0. The lowest BCUT2D eigenvalue weighted by molar-refractivity contribution is -0.128. The Labute approximate surface area is 96.3 Å². The number of nitrogens with zero attached hydrogens (tertiary/aromatic N) is 1. The zero-order chi connectivity index (χ0) is 11.6. The average molecular weight is 225 g/mol. The summed E-state index contributed by atoms with van der Waals surface area (Å²) in [6.07, 6.45) is 6.17. The van der Waals surface area contributed by atoms with Gasteiger partial charge in [-0.3, -0.25) is 4.79 Å². The van der Waals surface area contributed by atoms with Crippen molar-refractivity contribution < 1.29 is 14.3 Å². The van der Waals surface area contributed by atoms with Crippen molar-refractivity contribution >= 4 is 12.4 Å². The van der Waals surface area contributed by atoms with E-state index in [-0.39, 0.29) is 0 Å². The van der Waals surface area contributed by atoms with Crippen molar-refractivity contribution in [2.24, 2.45) is 0 Å². The van der Waals surface area contributed by atoms with Gasteiger partial charge in [0.2, 0.25) is 0 Å². The Morgan fingerprint density at radius 1 is 1.31 bits per heavy atom. The van der Waals surface area contributed by atoms with Crippen molar-refractivity contribution in [3.05, 3.63) is 5.70 Å². The van der Waals surface area contributed by atoms with Crippen LogP contribution in [0.1, 0.15) is 38.5 Å². The SMILES string of the molecule is O=C=C1CCCN1CCCCCCOC=O. The Bertz CT molecular complexity index is 259. The average Bonchev–Trinajstić information content (AvgIpc) is 2.75. The fourth-order valence-corrected chi connectivity index (χ4v) is 1.98. The smallest absolute Gasteiger partial charge is 0.293 e. The minimum atomic E-state index is 0.491. The van der Waals surface area contributed by atoms with Crippen LogP contribution < -0.4 is 0 Å². The van der Waals surface area contributed by atoms with Gasteiger partial charge in [-0.2, -0.15) is 0 Å². The van der Waals surface area contributed by atoms with E-state index in [1.165, 1.54) is 0 Å². The lowest BCUT2D eigenvalue weighted by atomic mass is 10.2. The van der Waals surface area contributed by atoms with Crippen LogP contribution in [0.15, 0.2) is 5.70 Å². The highest BCUT2D eigenvalue weighted by Crippen LogP contribution is 2.18. The van der Waals surface area contributed by atoms with Crippen LogP contribution in [0.5, 0.6) is 0 Å². The van der Waals surface area contributed by atoms with Crippen LogP contribution in [-0.4, -0.2) is 37.0 Å². The number of carbonyl (C=O) groups excluding carboxylic acids is 2. The van der Waals surface area contributed by atoms with E-state index in [1.54, 1.807) is 0 Å². The number of allylic oxidation sites excluding steroid dienone is 1. The summed E-state index contributed by atoms with van der Waals surface area (Å²) in [6, 6.07) is 0. The summed E-state index contributed by atoms with van der Waals surface area (Å²) in [5.74, 6) is 2.02. The third kappa shape index (κ3) is 4.49. The molecular weight excluding hydrogens is 206 g/mol. The van der Waals surface area contributed by atoms with Crippen LogP contribution in [0, 0.1) is 0 Å². The molecule has 0 aliphatic carbocycles. The summed E-state index contributed by atoms with van der Waals surface area (Å²) in [4.78, 5) is 22.6. The molecule has 1 saturated heterocycles. The third-order valence-corrected chi connectivity index (χ3v) is 2.85. The van der Waals surface area contributed by atoms with Crippen LogP contribution in [-0.2, 0) is 14.3 Å². The summed E-state index contributed by atoms with van der Waals surface area (Å²) in [5.41, 5.74) is 0.837. The van der Waals surface area contributed by atoms with Crippen LogP contribution in [0.25, 0.3) is 0 Å². The van der Waals surface area contributed by atoms with E-state index < -0.39 is 0 Å². The van der Waals surface area contributed by atoms with E-state index in [0.717, 1.165) is 57.3 Å². The first-order chi connectivity index (χ1) is 7.88. The number of carbonyl (C=O) groups is 1. The van der Waals surface area contributed by atoms with Gasteiger partial charge in [-0.05, 0) is 32.1 Å². The molecule has 0 saturated carbocycles. The van der Waals surface area contributed by atoms with Gasteiger partial charge < -0.3 is 9.64 Å². The fraction of sp³-hybridized carbons (Fsp3) is 0.750. The zero-order valence-electron chi connectivity index (χ0n) is 9.61. The van der Waals surface area contributed by atoms with Gasteiger partial charge in [0, 0.05) is 13.1 Å². The Balaban J connectivity index is 1.98. The molecule has 1 rings (SSSR count). The van der Waals surface area contributed by atoms with E-state index in [4.69, 9.17) is 0 Å². The molecule has 1 fully saturated rings. The maximum absolute atomic E-state index is 10.6.